The molecule has 0 atom stereocenters. The zero-order valence-electron chi connectivity index (χ0n) is 10.4. The van der Waals surface area contributed by atoms with Gasteiger partial charge in [-0.1, -0.05) is 6.07 Å². The van der Waals surface area contributed by atoms with E-state index in [0.29, 0.717) is 0 Å². The molecule has 2 N–H and O–H groups in total. The number of benzene rings is 1. The number of carbonyl (C=O) groups is 1. The molecule has 0 aromatic heterocycles. The van der Waals surface area contributed by atoms with Crippen LogP contribution in [-0.2, 0) is 19.6 Å². The van der Waals surface area contributed by atoms with Crippen LogP contribution in [0.2, 0.25) is 0 Å². The number of para-hydroxylation sites is 1. The molecule has 1 aromatic carbocycles. The van der Waals surface area contributed by atoms with Crippen LogP contribution < -0.4 is 4.72 Å². The molecule has 0 aliphatic rings. The molecule has 0 aliphatic heterocycles. The molecule has 0 fully saturated rings. The monoisotopic (exact) mass is 304 g/mol. The highest BCUT2D eigenvalue weighted by Crippen LogP contribution is 2.33. The van der Waals surface area contributed by atoms with Gasteiger partial charge in [-0.25, -0.2) is 8.42 Å². The molecule has 0 unspecified atom stereocenters. The number of aromatic hydroxyl groups is 1. The molecule has 10 heteroatoms. The number of hydrogen-bond donors (Lipinski definition) is 2. The zero-order chi connectivity index (χ0) is 15.3. The van der Waals surface area contributed by atoms with Crippen molar-refractivity contribution < 1.29 is 28.0 Å². The molecule has 0 amide bonds. The van der Waals surface area contributed by atoms with Crippen molar-refractivity contribution >= 4 is 27.4 Å². The summed E-state index contributed by atoms with van der Waals surface area (Å²) >= 11 is 0. The molecule has 0 saturated heterocycles. The van der Waals surface area contributed by atoms with Crippen LogP contribution in [0.25, 0.3) is 0 Å². The van der Waals surface area contributed by atoms with Crippen molar-refractivity contribution in [3.8, 4) is 5.75 Å². The quantitative estimate of drug-likeness (QED) is 0.340. The summed E-state index contributed by atoms with van der Waals surface area (Å²) in [5, 5.41) is 20.2. The van der Waals surface area contributed by atoms with Gasteiger partial charge >= 0.3 is 5.97 Å². The first kappa shape index (κ1) is 15.7. The Morgan fingerprint density at radius 3 is 2.70 bits per heavy atom. The summed E-state index contributed by atoms with van der Waals surface area (Å²) in [5.41, 5.74) is -1.22. The van der Waals surface area contributed by atoms with Crippen molar-refractivity contribution in [3.05, 3.63) is 28.3 Å². The van der Waals surface area contributed by atoms with Gasteiger partial charge < -0.3 is 9.84 Å². The summed E-state index contributed by atoms with van der Waals surface area (Å²) in [4.78, 5) is 21.0. The van der Waals surface area contributed by atoms with Crippen molar-refractivity contribution in [3.63, 3.8) is 0 Å². The predicted molar refractivity (Wildman–Crippen MR) is 68.8 cm³/mol. The van der Waals surface area contributed by atoms with Crippen LogP contribution in [-0.4, -0.2) is 36.8 Å². The molecule has 0 saturated carbocycles. The van der Waals surface area contributed by atoms with E-state index < -0.39 is 43.8 Å². The Kier molecular flexibility index (Phi) is 4.86. The first-order valence-electron chi connectivity index (χ1n) is 5.39. The number of phenolic OH excluding ortho intramolecular Hbond substituents is 1. The number of nitro groups is 1. The molecule has 0 radical (unpaired) electrons. The first-order valence-corrected chi connectivity index (χ1v) is 7.04. The maximum atomic E-state index is 11.7. The van der Waals surface area contributed by atoms with Crippen LogP contribution >= 0.6 is 0 Å². The minimum absolute atomic E-state index is 0.00505. The van der Waals surface area contributed by atoms with E-state index in [2.05, 4.69) is 4.74 Å². The second-order valence-electron chi connectivity index (χ2n) is 3.59. The summed E-state index contributed by atoms with van der Waals surface area (Å²) in [6, 6.07) is 3.29. The molecule has 0 bridgehead atoms. The third-order valence-electron chi connectivity index (χ3n) is 2.09. The van der Waals surface area contributed by atoms with E-state index in [1.807, 2.05) is 0 Å². The number of carbonyl (C=O) groups excluding carboxylic acids is 1. The Labute approximate surface area is 114 Å². The van der Waals surface area contributed by atoms with Crippen LogP contribution in [0.4, 0.5) is 11.4 Å². The third kappa shape index (κ3) is 4.09. The van der Waals surface area contributed by atoms with E-state index in [-0.39, 0.29) is 6.61 Å². The number of sulfonamides is 1. The molecular weight excluding hydrogens is 292 g/mol. The third-order valence-corrected chi connectivity index (χ3v) is 3.22. The number of nitrogens with zero attached hydrogens (tertiary/aromatic N) is 1. The van der Waals surface area contributed by atoms with Gasteiger partial charge in [0.15, 0.2) is 11.4 Å². The molecule has 9 nitrogen and oxygen atoms in total. The van der Waals surface area contributed by atoms with Crippen LogP contribution in [0.5, 0.6) is 5.75 Å². The second kappa shape index (κ2) is 6.19. The van der Waals surface area contributed by atoms with Crippen molar-refractivity contribution in [2.24, 2.45) is 0 Å². The van der Waals surface area contributed by atoms with Crippen molar-refractivity contribution in [1.29, 1.82) is 0 Å². The maximum absolute atomic E-state index is 11.7. The summed E-state index contributed by atoms with van der Waals surface area (Å²) in [6.07, 6.45) is 0. The number of anilines is 1. The largest absolute Gasteiger partial charge is 0.505 e. The highest BCUT2D eigenvalue weighted by atomic mass is 32.2. The van der Waals surface area contributed by atoms with Gasteiger partial charge in [-0.15, -0.1) is 0 Å². The number of phenols is 1. The number of rotatable bonds is 6. The fourth-order valence-electron chi connectivity index (χ4n) is 1.33. The Balaban J connectivity index is 3.04. The van der Waals surface area contributed by atoms with Crippen LogP contribution in [0, 0.1) is 10.1 Å². The first-order chi connectivity index (χ1) is 9.26. The Morgan fingerprint density at radius 1 is 1.50 bits per heavy atom. The van der Waals surface area contributed by atoms with Crippen LogP contribution in [0.15, 0.2) is 18.2 Å². The van der Waals surface area contributed by atoms with Gasteiger partial charge in [0.2, 0.25) is 10.0 Å². The number of esters is 1. The molecule has 0 spiro atoms. The summed E-state index contributed by atoms with van der Waals surface area (Å²) in [7, 11) is -4.22. The van der Waals surface area contributed by atoms with Gasteiger partial charge in [-0.3, -0.25) is 19.6 Å². The number of nitrogens with one attached hydrogen (secondary N) is 1. The Hall–Kier alpha value is -2.36. The average molecular weight is 304 g/mol. The lowest BCUT2D eigenvalue weighted by Crippen LogP contribution is -2.24. The number of nitro benzene ring substituents is 1. The van der Waals surface area contributed by atoms with E-state index in [1.165, 1.54) is 13.0 Å². The van der Waals surface area contributed by atoms with E-state index in [9.17, 15) is 28.4 Å². The molecule has 0 heterocycles. The van der Waals surface area contributed by atoms with Gasteiger partial charge in [0.25, 0.3) is 5.69 Å². The van der Waals surface area contributed by atoms with Crippen molar-refractivity contribution in [1.82, 2.24) is 0 Å². The van der Waals surface area contributed by atoms with E-state index in [1.54, 1.807) is 4.72 Å². The van der Waals surface area contributed by atoms with Gasteiger partial charge in [0.1, 0.15) is 5.75 Å². The average Bonchev–Trinajstić information content (AvgIpc) is 2.30. The summed E-state index contributed by atoms with van der Waals surface area (Å²) < 4.78 is 29.6. The lowest BCUT2D eigenvalue weighted by atomic mass is 10.2. The summed E-state index contributed by atoms with van der Waals surface area (Å²) in [5.74, 6) is -2.63. The highest BCUT2D eigenvalue weighted by molar-refractivity contribution is 7.93. The lowest BCUT2D eigenvalue weighted by molar-refractivity contribution is -0.383. The Morgan fingerprint density at radius 2 is 2.15 bits per heavy atom. The number of ether oxygens (including phenoxy) is 1. The molecule has 1 aromatic rings. The maximum Gasteiger partial charge on any atom is 0.323 e. The molecule has 110 valence electrons. The smallest absolute Gasteiger partial charge is 0.323 e. The molecule has 1 rings (SSSR count). The molecule has 20 heavy (non-hydrogen) atoms. The fourth-order valence-corrected chi connectivity index (χ4v) is 2.32. The zero-order valence-corrected chi connectivity index (χ0v) is 11.2. The van der Waals surface area contributed by atoms with E-state index in [4.69, 9.17) is 0 Å². The Bertz CT molecular complexity index is 626. The predicted octanol–water partition coefficient (Wildman–Crippen LogP) is 0.605. The lowest BCUT2D eigenvalue weighted by Gasteiger charge is -2.09. The molecular formula is C10H12N2O7S. The normalized spacial score (nSPS) is 10.8. The topological polar surface area (TPSA) is 136 Å². The summed E-state index contributed by atoms with van der Waals surface area (Å²) in [6.45, 7) is 1.51. The van der Waals surface area contributed by atoms with Crippen LogP contribution in [0.1, 0.15) is 6.92 Å². The van der Waals surface area contributed by atoms with Crippen molar-refractivity contribution in [2.45, 2.75) is 6.92 Å². The van der Waals surface area contributed by atoms with E-state index >= 15 is 0 Å². The van der Waals surface area contributed by atoms with Gasteiger partial charge in [0, 0.05) is 6.07 Å². The minimum atomic E-state index is -4.22. The fraction of sp³-hybridized carbons (Fsp3) is 0.300. The highest BCUT2D eigenvalue weighted by Gasteiger charge is 2.24. The van der Waals surface area contributed by atoms with Crippen molar-refractivity contribution in [2.75, 3.05) is 17.1 Å². The van der Waals surface area contributed by atoms with Gasteiger partial charge in [-0.05, 0) is 13.0 Å². The minimum Gasteiger partial charge on any atom is -0.505 e. The standard InChI is InChI=1S/C10H12N2O7S/c1-2-19-9(14)6-20(17,18)11-10-7(12(15)16)4-3-5-8(10)13/h3-5,11,13H,2,6H2,1H3. The van der Waals surface area contributed by atoms with Gasteiger partial charge in [0.05, 0.1) is 11.5 Å². The second-order valence-corrected chi connectivity index (χ2v) is 5.32. The van der Waals surface area contributed by atoms with E-state index in [0.717, 1.165) is 12.1 Å². The van der Waals surface area contributed by atoms with Gasteiger partial charge in [-0.2, -0.15) is 0 Å². The molecule has 0 aliphatic carbocycles. The number of hydrogen-bond acceptors (Lipinski definition) is 7. The SMILES string of the molecule is CCOC(=O)CS(=O)(=O)Nc1c(O)cccc1[N+](=O)[O-]. The van der Waals surface area contributed by atoms with Crippen LogP contribution in [0.3, 0.4) is 0 Å².